The Bertz CT molecular complexity index is 902. The summed E-state index contributed by atoms with van der Waals surface area (Å²) in [5.41, 5.74) is 7.42. The average molecular weight is 455 g/mol. The molecule has 1 aromatic carbocycles. The number of carbonyl (C=O) groups is 3. The molecule has 3 rings (SSSR count). The normalized spacial score (nSPS) is 22.1. The number of rotatable bonds is 3. The van der Waals surface area contributed by atoms with Gasteiger partial charge in [-0.25, -0.2) is 9.59 Å². The van der Waals surface area contributed by atoms with Crippen molar-refractivity contribution < 1.29 is 32.7 Å². The minimum absolute atomic E-state index is 0.0619. The molecule has 1 aromatic rings. The first-order valence-corrected chi connectivity index (χ1v) is 9.80. The third kappa shape index (κ3) is 6.18. The van der Waals surface area contributed by atoms with E-state index in [1.165, 1.54) is 7.05 Å². The van der Waals surface area contributed by atoms with Gasteiger partial charge in [-0.15, -0.1) is 0 Å². The first-order valence-electron chi connectivity index (χ1n) is 9.80. The van der Waals surface area contributed by atoms with E-state index in [0.717, 1.165) is 29.8 Å². The van der Waals surface area contributed by atoms with Crippen molar-refractivity contribution in [3.8, 4) is 6.07 Å². The van der Waals surface area contributed by atoms with E-state index in [-0.39, 0.29) is 30.6 Å². The Hall–Kier alpha value is -3.17. The summed E-state index contributed by atoms with van der Waals surface area (Å²) in [7, 11) is 1.51. The van der Waals surface area contributed by atoms with Gasteiger partial charge in [-0.1, -0.05) is 18.2 Å². The van der Waals surface area contributed by atoms with Crippen LogP contribution in [0, 0.1) is 11.3 Å². The van der Waals surface area contributed by atoms with Crippen LogP contribution < -0.4 is 5.73 Å². The third-order valence-electron chi connectivity index (χ3n) is 5.26. The van der Waals surface area contributed by atoms with Gasteiger partial charge in [0.25, 0.3) is 0 Å². The Morgan fingerprint density at radius 2 is 1.94 bits per heavy atom. The molecule has 2 aliphatic heterocycles. The number of carbonyl (C=O) groups excluding carboxylic acids is 2. The number of hydrogen-bond acceptors (Lipinski definition) is 6. The Morgan fingerprint density at radius 1 is 1.31 bits per heavy atom. The largest absolute Gasteiger partial charge is 0.490 e. The topological polar surface area (TPSA) is 131 Å². The predicted molar refractivity (Wildman–Crippen MR) is 106 cm³/mol. The number of nitrogens with two attached hydrogens (primary N) is 1. The fourth-order valence-corrected chi connectivity index (χ4v) is 3.59. The number of imide groups is 1. The molecule has 0 aliphatic carbocycles. The molecule has 2 saturated heterocycles. The number of hydrogen-bond donors (Lipinski definition) is 2. The number of carboxylic acids is 1. The van der Waals surface area contributed by atoms with E-state index in [9.17, 15) is 28.0 Å². The lowest BCUT2D eigenvalue weighted by Crippen LogP contribution is -2.63. The van der Waals surface area contributed by atoms with Crippen LogP contribution in [0.4, 0.5) is 18.0 Å². The molecule has 3 N–H and O–H groups in total. The summed E-state index contributed by atoms with van der Waals surface area (Å²) in [4.78, 5) is 38.9. The van der Waals surface area contributed by atoms with Gasteiger partial charge >= 0.3 is 18.2 Å². The maximum absolute atomic E-state index is 12.8. The van der Waals surface area contributed by atoms with Crippen LogP contribution >= 0.6 is 0 Å². The van der Waals surface area contributed by atoms with Crippen molar-refractivity contribution in [1.29, 1.82) is 5.26 Å². The monoisotopic (exact) mass is 455 g/mol. The fraction of sp³-hybridized carbons (Fsp3) is 0.500. The molecular formula is C20H24F3N5O4. The maximum Gasteiger partial charge on any atom is 0.490 e. The van der Waals surface area contributed by atoms with Crippen LogP contribution in [0.15, 0.2) is 24.3 Å². The van der Waals surface area contributed by atoms with Gasteiger partial charge in [0.2, 0.25) is 5.91 Å². The number of aliphatic carboxylic acids is 1. The number of alkyl halides is 3. The highest BCUT2D eigenvalue weighted by Gasteiger charge is 2.41. The second kappa shape index (κ2) is 10.4. The summed E-state index contributed by atoms with van der Waals surface area (Å²) < 4.78 is 31.7. The number of nitrogens with zero attached hydrogens (tertiary/aromatic N) is 4. The number of piperidine rings is 1. The first kappa shape index (κ1) is 25.1. The van der Waals surface area contributed by atoms with E-state index in [2.05, 4.69) is 11.0 Å². The molecule has 2 heterocycles. The third-order valence-corrected chi connectivity index (χ3v) is 5.26. The fourth-order valence-electron chi connectivity index (χ4n) is 3.59. The zero-order valence-electron chi connectivity index (χ0n) is 17.4. The lowest BCUT2D eigenvalue weighted by Gasteiger charge is -2.46. The summed E-state index contributed by atoms with van der Waals surface area (Å²) in [6, 6.07) is 9.15. The highest BCUT2D eigenvalue weighted by Crippen LogP contribution is 2.25. The van der Waals surface area contributed by atoms with Gasteiger partial charge < -0.3 is 15.7 Å². The van der Waals surface area contributed by atoms with E-state index < -0.39 is 12.1 Å². The molecule has 2 fully saturated rings. The standard InChI is InChI=1S/C18H23N5O2.C2HF3O2/c1-21-17(24)9-16(22-8-4-7-15(20)12-22)23(18(21)25)11-14-6-3-2-5-13(14)10-19;3-2(4,5)1(6)7/h2-3,5-6,15-16H,4,7-9,11-12,20H2,1H3;(H,6,7)/t15-,16?;/m1./s1. The number of urea groups is 1. The molecule has 9 nitrogen and oxygen atoms in total. The quantitative estimate of drug-likeness (QED) is 0.710. The van der Waals surface area contributed by atoms with Crippen LogP contribution in [-0.4, -0.2) is 76.2 Å². The van der Waals surface area contributed by atoms with Gasteiger partial charge in [-0.05, 0) is 24.5 Å². The molecule has 2 atom stereocenters. The number of halogens is 3. The molecule has 3 amide bonds. The van der Waals surface area contributed by atoms with Gasteiger partial charge in [0.05, 0.1) is 30.8 Å². The van der Waals surface area contributed by atoms with E-state index >= 15 is 0 Å². The van der Waals surface area contributed by atoms with Crippen LogP contribution in [0.5, 0.6) is 0 Å². The molecule has 0 radical (unpaired) electrons. The zero-order valence-corrected chi connectivity index (χ0v) is 17.4. The maximum atomic E-state index is 12.8. The summed E-state index contributed by atoms with van der Waals surface area (Å²) in [5, 5.41) is 16.4. The van der Waals surface area contributed by atoms with Gasteiger partial charge in [0.15, 0.2) is 0 Å². The average Bonchev–Trinajstić information content (AvgIpc) is 2.74. The number of carboxylic acid groups (broad SMARTS) is 1. The SMILES string of the molecule is CN1C(=O)CC(N2CCC[C@@H](N)C2)N(Cc2ccccc2C#N)C1=O.O=C(O)C(F)(F)F. The van der Waals surface area contributed by atoms with Gasteiger partial charge in [-0.3, -0.25) is 14.6 Å². The second-order valence-electron chi connectivity index (χ2n) is 7.52. The van der Waals surface area contributed by atoms with Crippen molar-refractivity contribution >= 4 is 17.9 Å². The van der Waals surface area contributed by atoms with Gasteiger partial charge in [0.1, 0.15) is 0 Å². The number of benzene rings is 1. The molecule has 0 aromatic heterocycles. The summed E-state index contributed by atoms with van der Waals surface area (Å²) in [6.45, 7) is 1.79. The molecule has 12 heteroatoms. The van der Waals surface area contributed by atoms with Gasteiger partial charge in [-0.2, -0.15) is 18.4 Å². The number of likely N-dealkylation sites (tertiary alicyclic amines) is 1. The molecule has 174 valence electrons. The lowest BCUT2D eigenvalue weighted by molar-refractivity contribution is -0.192. The van der Waals surface area contributed by atoms with Crippen molar-refractivity contribution in [3.63, 3.8) is 0 Å². The van der Waals surface area contributed by atoms with E-state index in [0.29, 0.717) is 18.7 Å². The van der Waals surface area contributed by atoms with Crippen LogP contribution in [0.1, 0.15) is 30.4 Å². The Morgan fingerprint density at radius 3 is 2.50 bits per heavy atom. The summed E-state index contributed by atoms with van der Waals surface area (Å²) >= 11 is 0. The Balaban J connectivity index is 0.000000451. The lowest BCUT2D eigenvalue weighted by atomic mass is 10.0. The van der Waals surface area contributed by atoms with Crippen molar-refractivity contribution in [2.75, 3.05) is 20.1 Å². The van der Waals surface area contributed by atoms with Crippen molar-refractivity contribution in [2.24, 2.45) is 5.73 Å². The van der Waals surface area contributed by atoms with Crippen molar-refractivity contribution in [2.45, 2.75) is 44.2 Å². The second-order valence-corrected chi connectivity index (χ2v) is 7.52. The molecule has 0 saturated carbocycles. The van der Waals surface area contributed by atoms with E-state index in [1.807, 2.05) is 12.1 Å². The van der Waals surface area contributed by atoms with Crippen molar-refractivity contribution in [3.05, 3.63) is 35.4 Å². The number of amides is 3. The zero-order chi connectivity index (χ0) is 24.1. The first-order chi connectivity index (χ1) is 15.0. The van der Waals surface area contributed by atoms with Crippen LogP contribution in [-0.2, 0) is 16.1 Å². The smallest absolute Gasteiger partial charge is 0.475 e. The predicted octanol–water partition coefficient (Wildman–Crippen LogP) is 1.72. The molecular weight excluding hydrogens is 431 g/mol. The van der Waals surface area contributed by atoms with Crippen LogP contribution in [0.3, 0.4) is 0 Å². The van der Waals surface area contributed by atoms with E-state index in [4.69, 9.17) is 15.6 Å². The van der Waals surface area contributed by atoms with Gasteiger partial charge in [0, 0.05) is 26.2 Å². The molecule has 0 spiro atoms. The highest BCUT2D eigenvalue weighted by molar-refractivity contribution is 5.96. The Labute approximate surface area is 182 Å². The Kier molecular flexibility index (Phi) is 8.18. The molecule has 0 bridgehead atoms. The van der Waals surface area contributed by atoms with Crippen LogP contribution in [0.2, 0.25) is 0 Å². The highest BCUT2D eigenvalue weighted by atomic mass is 19.4. The minimum atomic E-state index is -5.08. The molecule has 2 aliphatic rings. The summed E-state index contributed by atoms with van der Waals surface area (Å²) in [6.07, 6.45) is -3.22. The van der Waals surface area contributed by atoms with Crippen molar-refractivity contribution in [1.82, 2.24) is 14.7 Å². The van der Waals surface area contributed by atoms with E-state index in [1.54, 1.807) is 17.0 Å². The molecule has 1 unspecified atom stereocenters. The minimum Gasteiger partial charge on any atom is -0.475 e. The number of nitriles is 1. The summed E-state index contributed by atoms with van der Waals surface area (Å²) in [5.74, 6) is -2.94. The molecule has 32 heavy (non-hydrogen) atoms. The van der Waals surface area contributed by atoms with Crippen LogP contribution in [0.25, 0.3) is 0 Å².